The fourth-order valence-electron chi connectivity index (χ4n) is 5.76. The van der Waals surface area contributed by atoms with Crippen molar-refractivity contribution in [1.29, 1.82) is 0 Å². The molecule has 2 aliphatic rings. The minimum atomic E-state index is -0.110. The highest BCUT2D eigenvalue weighted by Gasteiger charge is 2.36. The highest BCUT2D eigenvalue weighted by Crippen LogP contribution is 2.33. The number of aliphatic hydroxyl groups is 1. The van der Waals surface area contributed by atoms with Crippen LogP contribution >= 0.6 is 23.2 Å². The third kappa shape index (κ3) is 4.28. The lowest BCUT2D eigenvalue weighted by Gasteiger charge is -2.43. The number of nitrogens with zero attached hydrogens (tertiary/aromatic N) is 6. The van der Waals surface area contributed by atoms with Gasteiger partial charge in [0.25, 0.3) is 0 Å². The number of fused-ring (bicyclic) bond motifs is 1. The number of rotatable bonds is 5. The molecule has 0 radical (unpaired) electrons. The van der Waals surface area contributed by atoms with Gasteiger partial charge in [0.1, 0.15) is 11.3 Å². The Hall–Kier alpha value is -1.93. The van der Waals surface area contributed by atoms with Gasteiger partial charge in [-0.05, 0) is 63.3 Å². The molecule has 5 rings (SSSR count). The van der Waals surface area contributed by atoms with Crippen LogP contribution in [0.3, 0.4) is 0 Å². The monoisotopic (exact) mass is 502 g/mol. The molecule has 9 heteroatoms. The van der Waals surface area contributed by atoms with Gasteiger partial charge in [0.05, 0.1) is 24.5 Å². The van der Waals surface area contributed by atoms with Crippen LogP contribution in [-0.4, -0.2) is 68.1 Å². The number of piperidine rings is 1. The maximum Gasteiger partial charge on any atom is 0.179 e. The van der Waals surface area contributed by atoms with Crippen molar-refractivity contribution in [2.75, 3.05) is 31.1 Å². The van der Waals surface area contributed by atoms with E-state index in [9.17, 15) is 5.11 Å². The third-order valence-electron chi connectivity index (χ3n) is 7.58. The summed E-state index contributed by atoms with van der Waals surface area (Å²) in [7, 11) is 0. The lowest BCUT2D eigenvalue weighted by molar-refractivity contribution is 0.0800. The van der Waals surface area contributed by atoms with Gasteiger partial charge in [-0.2, -0.15) is 5.10 Å². The van der Waals surface area contributed by atoms with E-state index in [4.69, 9.17) is 38.3 Å². The number of benzene rings is 1. The summed E-state index contributed by atoms with van der Waals surface area (Å²) in [4.78, 5) is 14.7. The van der Waals surface area contributed by atoms with Gasteiger partial charge in [-0.1, -0.05) is 36.2 Å². The Morgan fingerprint density at radius 1 is 1.21 bits per heavy atom. The summed E-state index contributed by atoms with van der Waals surface area (Å²) in [5.41, 5.74) is 3.37. The standard InChI is InChI=1S/C25H32Cl2N6O/c1-15-13-31(10-8-22(15)32-9-4-5-19(32)14-34)23-12-28-24-16(2)30-33(25(24)29-23)17(3)20-7-6-18(26)11-21(20)27/h6-7,11-12,15,17,19,22,34H,4-5,8-10,13-14H2,1-3H3/t15-,17+,19?,22+/m0/s1. The Labute approximate surface area is 210 Å². The minimum absolute atomic E-state index is 0.110. The molecule has 7 nitrogen and oxygen atoms in total. The molecular weight excluding hydrogens is 471 g/mol. The van der Waals surface area contributed by atoms with Crippen molar-refractivity contribution in [1.82, 2.24) is 24.6 Å². The highest BCUT2D eigenvalue weighted by atomic mass is 35.5. The molecule has 1 unspecified atom stereocenters. The van der Waals surface area contributed by atoms with Crippen molar-refractivity contribution in [2.24, 2.45) is 5.92 Å². The first-order valence-electron chi connectivity index (χ1n) is 12.2. The highest BCUT2D eigenvalue weighted by molar-refractivity contribution is 6.35. The number of likely N-dealkylation sites (tertiary alicyclic amines) is 1. The zero-order valence-electron chi connectivity index (χ0n) is 20.0. The zero-order valence-corrected chi connectivity index (χ0v) is 21.5. The second-order valence-corrected chi connectivity index (χ2v) is 10.6. The molecule has 4 atom stereocenters. The number of anilines is 1. The maximum atomic E-state index is 9.78. The first kappa shape index (κ1) is 23.8. The van der Waals surface area contributed by atoms with Crippen LogP contribution in [0, 0.1) is 12.8 Å². The molecule has 4 heterocycles. The molecule has 0 aliphatic carbocycles. The van der Waals surface area contributed by atoms with Crippen LogP contribution in [0.1, 0.15) is 50.4 Å². The summed E-state index contributed by atoms with van der Waals surface area (Å²) in [6.07, 6.45) is 5.22. The van der Waals surface area contributed by atoms with Gasteiger partial charge in [-0.25, -0.2) is 14.6 Å². The van der Waals surface area contributed by atoms with E-state index in [0.29, 0.717) is 28.0 Å². The lowest BCUT2D eigenvalue weighted by atomic mass is 9.92. The van der Waals surface area contributed by atoms with Gasteiger partial charge in [0.15, 0.2) is 5.65 Å². The van der Waals surface area contributed by atoms with Crippen molar-refractivity contribution in [3.63, 3.8) is 0 Å². The Morgan fingerprint density at radius 3 is 2.76 bits per heavy atom. The molecule has 2 fully saturated rings. The molecule has 1 aromatic carbocycles. The topological polar surface area (TPSA) is 70.3 Å². The Kier molecular flexibility index (Phi) is 6.73. The van der Waals surface area contributed by atoms with Gasteiger partial charge >= 0.3 is 0 Å². The van der Waals surface area contributed by atoms with E-state index in [1.807, 2.05) is 29.9 Å². The van der Waals surface area contributed by atoms with Crippen molar-refractivity contribution < 1.29 is 5.11 Å². The zero-order chi connectivity index (χ0) is 24.0. The van der Waals surface area contributed by atoms with Crippen LogP contribution in [0.4, 0.5) is 5.82 Å². The number of halogens is 2. The van der Waals surface area contributed by atoms with Crippen molar-refractivity contribution in [3.05, 3.63) is 45.7 Å². The van der Waals surface area contributed by atoms with E-state index >= 15 is 0 Å². The predicted molar refractivity (Wildman–Crippen MR) is 137 cm³/mol. The number of hydrogen-bond donors (Lipinski definition) is 1. The van der Waals surface area contributed by atoms with E-state index in [-0.39, 0.29) is 12.6 Å². The largest absolute Gasteiger partial charge is 0.395 e. The third-order valence-corrected chi connectivity index (χ3v) is 8.14. The fourth-order valence-corrected chi connectivity index (χ4v) is 6.33. The normalized spacial score (nSPS) is 24.8. The van der Waals surface area contributed by atoms with Crippen LogP contribution in [0.5, 0.6) is 0 Å². The number of aryl methyl sites for hydroxylation is 1. The van der Waals surface area contributed by atoms with Crippen molar-refractivity contribution in [3.8, 4) is 0 Å². The average molecular weight is 503 g/mol. The van der Waals surface area contributed by atoms with Gasteiger partial charge < -0.3 is 10.0 Å². The summed E-state index contributed by atoms with van der Waals surface area (Å²) in [6.45, 7) is 9.54. The molecule has 1 N–H and O–H groups in total. The number of aliphatic hydroxyl groups excluding tert-OH is 1. The van der Waals surface area contributed by atoms with E-state index in [0.717, 1.165) is 60.7 Å². The van der Waals surface area contributed by atoms with Crippen LogP contribution in [0.2, 0.25) is 10.0 Å². The van der Waals surface area contributed by atoms with Crippen LogP contribution in [-0.2, 0) is 0 Å². The second kappa shape index (κ2) is 9.61. The van der Waals surface area contributed by atoms with Crippen LogP contribution < -0.4 is 4.90 Å². The van der Waals surface area contributed by atoms with Gasteiger partial charge in [-0.15, -0.1) is 0 Å². The molecule has 182 valence electrons. The number of aromatic nitrogens is 4. The van der Waals surface area contributed by atoms with Gasteiger partial charge in [0, 0.05) is 35.2 Å². The quantitative estimate of drug-likeness (QED) is 0.544. The van der Waals surface area contributed by atoms with E-state index in [1.54, 1.807) is 6.07 Å². The summed E-state index contributed by atoms with van der Waals surface area (Å²) >= 11 is 12.6. The Balaban J connectivity index is 1.41. The molecule has 0 bridgehead atoms. The molecule has 0 amide bonds. The first-order valence-corrected chi connectivity index (χ1v) is 12.9. The minimum Gasteiger partial charge on any atom is -0.395 e. The van der Waals surface area contributed by atoms with E-state index < -0.39 is 0 Å². The van der Waals surface area contributed by atoms with Crippen LogP contribution in [0.25, 0.3) is 11.2 Å². The molecule has 0 spiro atoms. The fraction of sp³-hybridized carbons (Fsp3) is 0.560. The predicted octanol–water partition coefficient (Wildman–Crippen LogP) is 4.72. The summed E-state index contributed by atoms with van der Waals surface area (Å²) in [6, 6.07) is 6.27. The molecule has 2 aromatic heterocycles. The molecule has 2 aliphatic heterocycles. The summed E-state index contributed by atoms with van der Waals surface area (Å²) in [5.74, 6) is 1.37. The van der Waals surface area contributed by atoms with E-state index in [2.05, 4.69) is 23.6 Å². The molecule has 3 aromatic rings. The summed E-state index contributed by atoms with van der Waals surface area (Å²) in [5, 5.41) is 15.8. The lowest BCUT2D eigenvalue weighted by Crippen LogP contribution is -2.52. The molecular formula is C25H32Cl2N6O. The molecule has 34 heavy (non-hydrogen) atoms. The van der Waals surface area contributed by atoms with E-state index in [1.165, 1.54) is 6.42 Å². The first-order chi connectivity index (χ1) is 16.4. The second-order valence-electron chi connectivity index (χ2n) is 9.77. The molecule has 0 saturated carbocycles. The number of hydrogen-bond acceptors (Lipinski definition) is 6. The van der Waals surface area contributed by atoms with Crippen molar-refractivity contribution in [2.45, 2.75) is 58.2 Å². The SMILES string of the molecule is Cc1nn([C@H](C)c2ccc(Cl)cc2Cl)c2nc(N3CC[C@@H](N4CCCC4CO)[C@@H](C)C3)cnc12. The van der Waals surface area contributed by atoms with Gasteiger partial charge in [0.2, 0.25) is 0 Å². The maximum absolute atomic E-state index is 9.78. The Morgan fingerprint density at radius 2 is 2.03 bits per heavy atom. The molecule has 2 saturated heterocycles. The average Bonchev–Trinajstić information content (AvgIpc) is 3.42. The van der Waals surface area contributed by atoms with Crippen molar-refractivity contribution >= 4 is 40.2 Å². The van der Waals surface area contributed by atoms with Crippen LogP contribution in [0.15, 0.2) is 24.4 Å². The van der Waals surface area contributed by atoms with Gasteiger partial charge in [-0.3, -0.25) is 4.90 Å². The smallest absolute Gasteiger partial charge is 0.179 e. The summed E-state index contributed by atoms with van der Waals surface area (Å²) < 4.78 is 1.92. The Bertz CT molecular complexity index is 1180.